The summed E-state index contributed by atoms with van der Waals surface area (Å²) in [5.74, 6) is -0.236. The van der Waals surface area contributed by atoms with Crippen molar-refractivity contribution in [3.63, 3.8) is 0 Å². The van der Waals surface area contributed by atoms with Crippen LogP contribution >= 0.6 is 0 Å². The van der Waals surface area contributed by atoms with E-state index in [0.29, 0.717) is 31.6 Å². The maximum atomic E-state index is 12.2. The third-order valence-corrected chi connectivity index (χ3v) is 3.25. The number of nitrogens with two attached hydrogens (primary N) is 1. The molecule has 1 aromatic carbocycles. The SMILES string of the molecule is NC1(c2cccc(OC(F)(F)F)c2)CCCOCC1. The zero-order valence-corrected chi connectivity index (χ0v) is 10.4. The average Bonchev–Trinajstić information content (AvgIpc) is 2.53. The van der Waals surface area contributed by atoms with Crippen molar-refractivity contribution in [2.75, 3.05) is 13.2 Å². The van der Waals surface area contributed by atoms with Crippen molar-refractivity contribution in [2.24, 2.45) is 5.73 Å². The monoisotopic (exact) mass is 275 g/mol. The minimum atomic E-state index is -4.69. The number of benzene rings is 1. The van der Waals surface area contributed by atoms with Gasteiger partial charge < -0.3 is 15.2 Å². The van der Waals surface area contributed by atoms with Gasteiger partial charge in [-0.1, -0.05) is 12.1 Å². The van der Waals surface area contributed by atoms with E-state index < -0.39 is 11.9 Å². The van der Waals surface area contributed by atoms with Gasteiger partial charge in [-0.15, -0.1) is 13.2 Å². The molecule has 1 heterocycles. The van der Waals surface area contributed by atoms with Gasteiger partial charge in [-0.2, -0.15) is 0 Å². The number of halogens is 3. The van der Waals surface area contributed by atoms with Crippen LogP contribution in [0.1, 0.15) is 24.8 Å². The highest BCUT2D eigenvalue weighted by atomic mass is 19.4. The molecule has 0 radical (unpaired) electrons. The van der Waals surface area contributed by atoms with Crippen LogP contribution < -0.4 is 10.5 Å². The van der Waals surface area contributed by atoms with Crippen molar-refractivity contribution >= 4 is 0 Å². The van der Waals surface area contributed by atoms with Crippen LogP contribution in [0.15, 0.2) is 24.3 Å². The molecule has 0 spiro atoms. The Labute approximate surface area is 109 Å². The Morgan fingerprint density at radius 3 is 2.74 bits per heavy atom. The van der Waals surface area contributed by atoms with Crippen molar-refractivity contribution in [1.82, 2.24) is 0 Å². The molecule has 0 aliphatic carbocycles. The lowest BCUT2D eigenvalue weighted by Gasteiger charge is -2.28. The number of hydrogen-bond donors (Lipinski definition) is 1. The molecule has 19 heavy (non-hydrogen) atoms. The molecule has 2 N–H and O–H groups in total. The fraction of sp³-hybridized carbons (Fsp3) is 0.538. The second-order valence-corrected chi connectivity index (χ2v) is 4.70. The Morgan fingerprint density at radius 1 is 1.21 bits per heavy atom. The molecule has 2 rings (SSSR count). The topological polar surface area (TPSA) is 44.5 Å². The van der Waals surface area contributed by atoms with E-state index in [-0.39, 0.29) is 5.75 Å². The van der Waals surface area contributed by atoms with Crippen molar-refractivity contribution in [3.05, 3.63) is 29.8 Å². The molecule has 1 aromatic rings. The van der Waals surface area contributed by atoms with E-state index in [4.69, 9.17) is 10.5 Å². The standard InChI is InChI=1S/C13H16F3NO2/c14-13(15,16)19-11-4-1-3-10(9-11)12(17)5-2-7-18-8-6-12/h1,3-4,9H,2,5-8,17H2. The Bertz CT molecular complexity index is 426. The molecule has 1 aliphatic rings. The lowest BCUT2D eigenvalue weighted by atomic mass is 9.84. The summed E-state index contributed by atoms with van der Waals surface area (Å²) in [6.07, 6.45) is -2.63. The van der Waals surface area contributed by atoms with Crippen LogP contribution in [0.3, 0.4) is 0 Å². The van der Waals surface area contributed by atoms with Crippen LogP contribution in [0, 0.1) is 0 Å². The molecule has 0 aromatic heterocycles. The smallest absolute Gasteiger partial charge is 0.406 e. The maximum absolute atomic E-state index is 12.2. The van der Waals surface area contributed by atoms with Gasteiger partial charge in [-0.25, -0.2) is 0 Å². The van der Waals surface area contributed by atoms with Gasteiger partial charge in [0.05, 0.1) is 0 Å². The van der Waals surface area contributed by atoms with E-state index >= 15 is 0 Å². The molecular formula is C13H16F3NO2. The predicted molar refractivity (Wildman–Crippen MR) is 63.7 cm³/mol. The molecule has 1 saturated heterocycles. The predicted octanol–water partition coefficient (Wildman–Crippen LogP) is 2.94. The van der Waals surface area contributed by atoms with Crippen molar-refractivity contribution in [1.29, 1.82) is 0 Å². The van der Waals surface area contributed by atoms with Gasteiger partial charge in [0.15, 0.2) is 0 Å². The molecule has 0 bridgehead atoms. The first-order valence-corrected chi connectivity index (χ1v) is 6.12. The number of ether oxygens (including phenoxy) is 2. The second kappa shape index (κ2) is 5.38. The summed E-state index contributed by atoms with van der Waals surface area (Å²) < 4.78 is 45.9. The van der Waals surface area contributed by atoms with E-state index in [2.05, 4.69) is 4.74 Å². The van der Waals surface area contributed by atoms with Crippen LogP contribution in [0.2, 0.25) is 0 Å². The summed E-state index contributed by atoms with van der Waals surface area (Å²) >= 11 is 0. The number of hydrogen-bond acceptors (Lipinski definition) is 3. The van der Waals surface area contributed by atoms with E-state index in [1.54, 1.807) is 6.07 Å². The molecule has 1 atom stereocenters. The Hall–Kier alpha value is -1.27. The highest BCUT2D eigenvalue weighted by Gasteiger charge is 2.33. The normalized spacial score (nSPS) is 24.8. The summed E-state index contributed by atoms with van der Waals surface area (Å²) in [5.41, 5.74) is 6.30. The zero-order valence-electron chi connectivity index (χ0n) is 10.4. The second-order valence-electron chi connectivity index (χ2n) is 4.70. The van der Waals surface area contributed by atoms with E-state index in [0.717, 1.165) is 6.42 Å². The molecule has 6 heteroatoms. The first kappa shape index (κ1) is 14.1. The number of rotatable bonds is 2. The summed E-state index contributed by atoms with van der Waals surface area (Å²) in [6, 6.07) is 5.89. The van der Waals surface area contributed by atoms with Crippen LogP contribution in [0.4, 0.5) is 13.2 Å². The fourth-order valence-corrected chi connectivity index (χ4v) is 2.26. The van der Waals surface area contributed by atoms with Crippen LogP contribution in [0.25, 0.3) is 0 Å². The summed E-state index contributed by atoms with van der Waals surface area (Å²) in [5, 5.41) is 0. The van der Waals surface area contributed by atoms with Crippen molar-refractivity contribution in [2.45, 2.75) is 31.2 Å². The molecule has 0 saturated carbocycles. The molecule has 3 nitrogen and oxygen atoms in total. The fourth-order valence-electron chi connectivity index (χ4n) is 2.26. The summed E-state index contributed by atoms with van der Waals surface area (Å²) in [6.45, 7) is 1.15. The van der Waals surface area contributed by atoms with Crippen LogP contribution in [0.5, 0.6) is 5.75 Å². The lowest BCUT2D eigenvalue weighted by molar-refractivity contribution is -0.274. The van der Waals surface area contributed by atoms with Crippen LogP contribution in [-0.2, 0) is 10.3 Å². The van der Waals surface area contributed by atoms with Gasteiger partial charge in [-0.05, 0) is 37.0 Å². The van der Waals surface area contributed by atoms with E-state index in [1.807, 2.05) is 0 Å². The number of alkyl halides is 3. The quantitative estimate of drug-likeness (QED) is 0.902. The Kier molecular flexibility index (Phi) is 4.01. The minimum absolute atomic E-state index is 0.236. The van der Waals surface area contributed by atoms with E-state index in [1.165, 1.54) is 18.2 Å². The van der Waals surface area contributed by atoms with Gasteiger partial charge in [0, 0.05) is 18.8 Å². The molecule has 0 amide bonds. The van der Waals surface area contributed by atoms with Crippen LogP contribution in [-0.4, -0.2) is 19.6 Å². The molecule has 1 aliphatic heterocycles. The highest BCUT2D eigenvalue weighted by molar-refractivity contribution is 5.33. The molecular weight excluding hydrogens is 259 g/mol. The Morgan fingerprint density at radius 2 is 2.00 bits per heavy atom. The summed E-state index contributed by atoms with van der Waals surface area (Å²) in [7, 11) is 0. The minimum Gasteiger partial charge on any atom is -0.406 e. The van der Waals surface area contributed by atoms with Gasteiger partial charge in [0.1, 0.15) is 5.75 Å². The molecule has 1 unspecified atom stereocenters. The highest BCUT2D eigenvalue weighted by Crippen LogP contribution is 2.33. The summed E-state index contributed by atoms with van der Waals surface area (Å²) in [4.78, 5) is 0. The van der Waals surface area contributed by atoms with E-state index in [9.17, 15) is 13.2 Å². The van der Waals surface area contributed by atoms with Crippen molar-refractivity contribution in [3.8, 4) is 5.75 Å². The van der Waals surface area contributed by atoms with Gasteiger partial charge >= 0.3 is 6.36 Å². The van der Waals surface area contributed by atoms with Gasteiger partial charge in [0.25, 0.3) is 0 Å². The molecule has 106 valence electrons. The van der Waals surface area contributed by atoms with Crippen molar-refractivity contribution < 1.29 is 22.6 Å². The third kappa shape index (κ3) is 3.84. The molecule has 1 fully saturated rings. The third-order valence-electron chi connectivity index (χ3n) is 3.25. The largest absolute Gasteiger partial charge is 0.573 e. The van der Waals surface area contributed by atoms with Gasteiger partial charge in [0.2, 0.25) is 0 Å². The maximum Gasteiger partial charge on any atom is 0.573 e. The van der Waals surface area contributed by atoms with Gasteiger partial charge in [-0.3, -0.25) is 0 Å². The Balaban J connectivity index is 2.21. The first-order chi connectivity index (χ1) is 8.89. The zero-order chi connectivity index (χ0) is 13.9. The average molecular weight is 275 g/mol. The lowest BCUT2D eigenvalue weighted by Crippen LogP contribution is -2.37. The first-order valence-electron chi connectivity index (χ1n) is 6.12.